The van der Waals surface area contributed by atoms with Crippen molar-refractivity contribution in [2.75, 3.05) is 18.4 Å². The molecule has 106 valence electrons. The van der Waals surface area contributed by atoms with Crippen LogP contribution in [-0.4, -0.2) is 19.0 Å². The number of aryl methyl sites for hydroxylation is 1. The van der Waals surface area contributed by atoms with E-state index in [-0.39, 0.29) is 18.0 Å². The van der Waals surface area contributed by atoms with E-state index in [2.05, 4.69) is 10.6 Å². The van der Waals surface area contributed by atoms with Crippen LogP contribution in [0.4, 0.5) is 18.9 Å². The average Bonchev–Trinajstić information content (AvgIpc) is 2.31. The van der Waals surface area contributed by atoms with E-state index in [1.54, 1.807) is 6.92 Å². The number of amides is 1. The second-order valence-electron chi connectivity index (χ2n) is 4.18. The van der Waals surface area contributed by atoms with E-state index >= 15 is 0 Å². The molecule has 0 saturated heterocycles. The first-order valence-electron chi connectivity index (χ1n) is 6.03. The maximum Gasteiger partial charge on any atom is 0.416 e. The molecule has 0 aliphatic carbocycles. The minimum absolute atomic E-state index is 0.205. The number of anilines is 1. The molecule has 1 aromatic rings. The third kappa shape index (κ3) is 4.90. The summed E-state index contributed by atoms with van der Waals surface area (Å²) in [5.74, 6) is -0.302. The van der Waals surface area contributed by atoms with E-state index < -0.39 is 11.7 Å². The van der Waals surface area contributed by atoms with Gasteiger partial charge in [-0.3, -0.25) is 4.79 Å². The van der Waals surface area contributed by atoms with Crippen molar-refractivity contribution in [2.24, 2.45) is 0 Å². The van der Waals surface area contributed by atoms with Crippen LogP contribution in [0, 0.1) is 6.92 Å². The van der Waals surface area contributed by atoms with Crippen LogP contribution in [0.2, 0.25) is 0 Å². The molecule has 0 heterocycles. The second kappa shape index (κ2) is 6.56. The van der Waals surface area contributed by atoms with Crippen molar-refractivity contribution in [3.05, 3.63) is 29.3 Å². The van der Waals surface area contributed by atoms with Crippen molar-refractivity contribution in [3.63, 3.8) is 0 Å². The zero-order valence-corrected chi connectivity index (χ0v) is 10.9. The topological polar surface area (TPSA) is 41.1 Å². The summed E-state index contributed by atoms with van der Waals surface area (Å²) < 4.78 is 37.7. The zero-order chi connectivity index (χ0) is 14.5. The fraction of sp³-hybridized carbons (Fsp3) is 0.462. The van der Waals surface area contributed by atoms with Crippen molar-refractivity contribution < 1.29 is 18.0 Å². The Morgan fingerprint density at radius 2 is 2.00 bits per heavy atom. The van der Waals surface area contributed by atoms with E-state index in [1.807, 2.05) is 6.92 Å². The van der Waals surface area contributed by atoms with Crippen LogP contribution in [0.3, 0.4) is 0 Å². The lowest BCUT2D eigenvalue weighted by Crippen LogP contribution is -2.21. The molecular formula is C13H17F3N2O. The summed E-state index contributed by atoms with van der Waals surface area (Å²) >= 11 is 0. The summed E-state index contributed by atoms with van der Waals surface area (Å²) in [6.07, 6.45) is -4.18. The Morgan fingerprint density at radius 1 is 1.32 bits per heavy atom. The minimum Gasteiger partial charge on any atom is -0.326 e. The molecule has 1 rings (SSSR count). The Labute approximate surface area is 110 Å². The van der Waals surface area contributed by atoms with Gasteiger partial charge in [-0.2, -0.15) is 13.2 Å². The predicted octanol–water partition coefficient (Wildman–Crippen LogP) is 2.95. The zero-order valence-electron chi connectivity index (χ0n) is 10.9. The summed E-state index contributed by atoms with van der Waals surface area (Å²) in [4.78, 5) is 11.6. The highest BCUT2D eigenvalue weighted by Gasteiger charge is 2.30. The summed E-state index contributed by atoms with van der Waals surface area (Å²) in [7, 11) is 0. The van der Waals surface area contributed by atoms with Gasteiger partial charge in [-0.1, -0.05) is 13.0 Å². The number of hydrogen-bond acceptors (Lipinski definition) is 2. The normalized spacial score (nSPS) is 11.4. The third-order valence-electron chi connectivity index (χ3n) is 2.62. The van der Waals surface area contributed by atoms with E-state index in [0.29, 0.717) is 12.1 Å². The molecule has 1 aromatic carbocycles. The highest BCUT2D eigenvalue weighted by molar-refractivity contribution is 5.91. The molecule has 0 radical (unpaired) electrons. The standard InChI is InChI=1S/C13H17F3N2O/c1-3-17-7-6-12(19)18-11-8-10(13(14,15)16)5-4-9(11)2/h4-5,8,17H,3,6-7H2,1-2H3,(H,18,19). The SMILES string of the molecule is CCNCCC(=O)Nc1cc(C(F)(F)F)ccc1C. The fourth-order valence-electron chi connectivity index (χ4n) is 1.52. The Balaban J connectivity index is 2.74. The Morgan fingerprint density at radius 3 is 2.58 bits per heavy atom. The molecule has 0 bridgehead atoms. The molecule has 1 amide bonds. The van der Waals surface area contributed by atoms with Crippen molar-refractivity contribution in [1.82, 2.24) is 5.32 Å². The van der Waals surface area contributed by atoms with Gasteiger partial charge in [-0.25, -0.2) is 0 Å². The molecular weight excluding hydrogens is 257 g/mol. The third-order valence-corrected chi connectivity index (χ3v) is 2.62. The number of benzene rings is 1. The molecule has 0 spiro atoms. The first kappa shape index (κ1) is 15.5. The second-order valence-corrected chi connectivity index (χ2v) is 4.18. The maximum atomic E-state index is 12.6. The van der Waals surface area contributed by atoms with Crippen molar-refractivity contribution in [3.8, 4) is 0 Å². The molecule has 0 aliphatic heterocycles. The van der Waals surface area contributed by atoms with Gasteiger partial charge in [0.2, 0.25) is 5.91 Å². The average molecular weight is 274 g/mol. The number of hydrogen-bond donors (Lipinski definition) is 2. The molecule has 0 atom stereocenters. The summed E-state index contributed by atoms with van der Waals surface area (Å²) in [6.45, 7) is 4.81. The lowest BCUT2D eigenvalue weighted by atomic mass is 10.1. The molecule has 0 aromatic heterocycles. The number of halogens is 3. The smallest absolute Gasteiger partial charge is 0.326 e. The molecule has 3 nitrogen and oxygen atoms in total. The minimum atomic E-state index is -4.41. The highest BCUT2D eigenvalue weighted by atomic mass is 19.4. The molecule has 0 aliphatic rings. The summed E-state index contributed by atoms with van der Waals surface area (Å²) in [5.41, 5.74) is 0.0428. The van der Waals surface area contributed by atoms with Gasteiger partial charge in [0.25, 0.3) is 0 Å². The monoisotopic (exact) mass is 274 g/mol. The van der Waals surface area contributed by atoms with Crippen LogP contribution in [0.25, 0.3) is 0 Å². The number of nitrogens with one attached hydrogen (secondary N) is 2. The first-order valence-corrected chi connectivity index (χ1v) is 6.03. The molecule has 2 N–H and O–H groups in total. The highest BCUT2D eigenvalue weighted by Crippen LogP contribution is 2.32. The quantitative estimate of drug-likeness (QED) is 0.810. The van der Waals surface area contributed by atoms with Crippen LogP contribution in [0.15, 0.2) is 18.2 Å². The summed E-state index contributed by atoms with van der Waals surface area (Å²) in [6, 6.07) is 3.31. The van der Waals surface area contributed by atoms with Gasteiger partial charge in [0.15, 0.2) is 0 Å². The van der Waals surface area contributed by atoms with Crippen LogP contribution < -0.4 is 10.6 Å². The van der Waals surface area contributed by atoms with Gasteiger partial charge < -0.3 is 10.6 Å². The van der Waals surface area contributed by atoms with E-state index in [9.17, 15) is 18.0 Å². The number of alkyl halides is 3. The van der Waals surface area contributed by atoms with Gasteiger partial charge in [0.1, 0.15) is 0 Å². The maximum absolute atomic E-state index is 12.6. The van der Waals surface area contributed by atoms with Gasteiger partial charge >= 0.3 is 6.18 Å². The van der Waals surface area contributed by atoms with Crippen molar-refractivity contribution in [2.45, 2.75) is 26.4 Å². The van der Waals surface area contributed by atoms with Crippen molar-refractivity contribution in [1.29, 1.82) is 0 Å². The summed E-state index contributed by atoms with van der Waals surface area (Å²) in [5, 5.41) is 5.48. The van der Waals surface area contributed by atoms with Gasteiger partial charge in [-0.05, 0) is 31.2 Å². The lowest BCUT2D eigenvalue weighted by molar-refractivity contribution is -0.137. The Kier molecular flexibility index (Phi) is 5.35. The van der Waals surface area contributed by atoms with E-state index in [1.165, 1.54) is 6.07 Å². The molecule has 0 unspecified atom stereocenters. The van der Waals surface area contributed by atoms with Gasteiger partial charge in [-0.15, -0.1) is 0 Å². The largest absolute Gasteiger partial charge is 0.416 e. The Bertz CT molecular complexity index is 444. The Hall–Kier alpha value is -1.56. The number of carbonyl (C=O) groups is 1. The van der Waals surface area contributed by atoms with Crippen LogP contribution in [0.5, 0.6) is 0 Å². The molecule has 19 heavy (non-hydrogen) atoms. The van der Waals surface area contributed by atoms with Crippen LogP contribution in [0.1, 0.15) is 24.5 Å². The fourth-order valence-corrected chi connectivity index (χ4v) is 1.52. The van der Waals surface area contributed by atoms with E-state index in [4.69, 9.17) is 0 Å². The van der Waals surface area contributed by atoms with Crippen LogP contribution >= 0.6 is 0 Å². The van der Waals surface area contributed by atoms with Gasteiger partial charge in [0, 0.05) is 18.7 Å². The first-order chi connectivity index (χ1) is 8.84. The lowest BCUT2D eigenvalue weighted by Gasteiger charge is -2.12. The molecule has 0 fully saturated rings. The number of rotatable bonds is 5. The number of carbonyl (C=O) groups excluding carboxylic acids is 1. The van der Waals surface area contributed by atoms with Crippen molar-refractivity contribution >= 4 is 11.6 Å². The predicted molar refractivity (Wildman–Crippen MR) is 68.0 cm³/mol. The van der Waals surface area contributed by atoms with E-state index in [0.717, 1.165) is 18.7 Å². The van der Waals surface area contributed by atoms with Crippen LogP contribution in [-0.2, 0) is 11.0 Å². The van der Waals surface area contributed by atoms with Gasteiger partial charge in [0.05, 0.1) is 5.56 Å². The molecule has 0 saturated carbocycles. The molecule has 6 heteroatoms.